The van der Waals surface area contributed by atoms with Crippen molar-refractivity contribution in [1.82, 2.24) is 4.98 Å². The van der Waals surface area contributed by atoms with E-state index in [2.05, 4.69) is 20.9 Å². The van der Waals surface area contributed by atoms with E-state index in [4.69, 9.17) is 0 Å². The number of hydrogen-bond donors (Lipinski definition) is 0. The molecule has 0 N–H and O–H groups in total. The number of carbonyl (C=O) groups excluding carboxylic acids is 1. The van der Waals surface area contributed by atoms with Crippen molar-refractivity contribution in [3.05, 3.63) is 64.4 Å². The van der Waals surface area contributed by atoms with Crippen LogP contribution < -0.4 is 0 Å². The molecule has 17 heavy (non-hydrogen) atoms. The predicted molar refractivity (Wildman–Crippen MR) is 76.7 cm³/mol. The molecule has 2 aromatic rings. The molecule has 0 saturated carbocycles. The van der Waals surface area contributed by atoms with Crippen LogP contribution in [0.1, 0.15) is 15.9 Å². The zero-order valence-corrected chi connectivity index (χ0v) is 12.3. The number of carbonyl (C=O) groups is 1. The van der Waals surface area contributed by atoms with Gasteiger partial charge in [0.05, 0.1) is 0 Å². The van der Waals surface area contributed by atoms with Gasteiger partial charge in [0, 0.05) is 28.9 Å². The number of aromatic nitrogens is 1. The van der Waals surface area contributed by atoms with Crippen molar-refractivity contribution < 1.29 is 4.79 Å². The summed E-state index contributed by atoms with van der Waals surface area (Å²) < 4.78 is 0.837. The number of hydrogen-bond acceptors (Lipinski definition) is 2. The van der Waals surface area contributed by atoms with Gasteiger partial charge in [0.1, 0.15) is 0 Å². The second kappa shape index (κ2) is 6.67. The first-order valence-corrected chi connectivity index (χ1v) is 5.73. The summed E-state index contributed by atoms with van der Waals surface area (Å²) in [6.07, 6.45) is 3.80. The molecule has 2 nitrogen and oxygen atoms in total. The van der Waals surface area contributed by atoms with E-state index >= 15 is 0 Å². The first kappa shape index (κ1) is 14.1. The highest BCUT2D eigenvalue weighted by atomic mass is 79.9. The molecule has 0 aliphatic heterocycles. The van der Waals surface area contributed by atoms with Crippen LogP contribution in [0.4, 0.5) is 0 Å². The maximum Gasteiger partial charge on any atom is 0.168 e. The maximum atomic E-state index is 12.0. The molecular formula is C13H11Br2NO. The molecule has 0 radical (unpaired) electrons. The van der Waals surface area contributed by atoms with E-state index in [1.165, 1.54) is 0 Å². The maximum absolute atomic E-state index is 12.0. The van der Waals surface area contributed by atoms with Crippen molar-refractivity contribution in [3.8, 4) is 0 Å². The summed E-state index contributed by atoms with van der Waals surface area (Å²) in [5.74, 6) is 0.0977. The molecular weight excluding hydrogens is 346 g/mol. The highest BCUT2D eigenvalue weighted by molar-refractivity contribution is 9.10. The zero-order chi connectivity index (χ0) is 11.4. The van der Waals surface area contributed by atoms with E-state index in [9.17, 15) is 4.79 Å². The Labute approximate surface area is 119 Å². The lowest BCUT2D eigenvalue weighted by atomic mass is 10.0. The summed E-state index contributed by atoms with van der Waals surface area (Å²) >= 11 is 3.37. The molecule has 0 atom stereocenters. The molecule has 0 amide bonds. The van der Waals surface area contributed by atoms with Crippen molar-refractivity contribution in [2.24, 2.45) is 0 Å². The summed E-state index contributed by atoms with van der Waals surface area (Å²) in [7, 11) is 0. The second-order valence-electron chi connectivity index (χ2n) is 3.44. The number of ketones is 1. The molecule has 0 aliphatic carbocycles. The average Bonchev–Trinajstić information content (AvgIpc) is 2.31. The van der Waals surface area contributed by atoms with Gasteiger partial charge in [-0.1, -0.05) is 40.2 Å². The minimum absolute atomic E-state index is 0. The topological polar surface area (TPSA) is 30.0 Å². The first-order valence-electron chi connectivity index (χ1n) is 4.94. The zero-order valence-electron chi connectivity index (χ0n) is 8.97. The Bertz CT molecular complexity index is 500. The Morgan fingerprint density at radius 2 is 1.94 bits per heavy atom. The van der Waals surface area contributed by atoms with Gasteiger partial charge >= 0.3 is 0 Å². The van der Waals surface area contributed by atoms with Crippen molar-refractivity contribution in [2.75, 3.05) is 0 Å². The number of pyridine rings is 1. The fourth-order valence-electron chi connectivity index (χ4n) is 1.47. The van der Waals surface area contributed by atoms with Gasteiger partial charge in [-0.2, -0.15) is 0 Å². The largest absolute Gasteiger partial charge is 0.294 e. The Kier molecular flexibility index (Phi) is 5.51. The molecule has 0 aliphatic rings. The standard InChI is InChI=1S/C13H10BrNO.BrH/c14-12-6-2-1-5-11(12)13(16)8-10-4-3-7-15-9-10;/h1-7,9H,8H2;1H. The van der Waals surface area contributed by atoms with Crippen molar-refractivity contribution in [2.45, 2.75) is 6.42 Å². The quantitative estimate of drug-likeness (QED) is 0.782. The van der Waals surface area contributed by atoms with Gasteiger partial charge in [-0.15, -0.1) is 17.0 Å². The van der Waals surface area contributed by atoms with Crippen molar-refractivity contribution >= 4 is 38.7 Å². The minimum Gasteiger partial charge on any atom is -0.294 e. The normalized spacial score (nSPS) is 9.47. The minimum atomic E-state index is 0. The van der Waals surface area contributed by atoms with Crippen LogP contribution in [0.3, 0.4) is 0 Å². The van der Waals surface area contributed by atoms with Crippen molar-refractivity contribution in [3.63, 3.8) is 0 Å². The van der Waals surface area contributed by atoms with Crippen LogP contribution in [-0.4, -0.2) is 10.8 Å². The van der Waals surface area contributed by atoms with Crippen LogP contribution in [0, 0.1) is 0 Å². The monoisotopic (exact) mass is 355 g/mol. The van der Waals surface area contributed by atoms with Gasteiger partial charge < -0.3 is 0 Å². The lowest BCUT2D eigenvalue weighted by Crippen LogP contribution is -2.04. The van der Waals surface area contributed by atoms with E-state index in [0.29, 0.717) is 12.0 Å². The van der Waals surface area contributed by atoms with E-state index in [-0.39, 0.29) is 22.8 Å². The van der Waals surface area contributed by atoms with Crippen LogP contribution in [0.15, 0.2) is 53.3 Å². The molecule has 0 bridgehead atoms. The SMILES string of the molecule is Br.O=C(Cc1cccnc1)c1ccccc1Br. The van der Waals surface area contributed by atoms with Gasteiger partial charge in [0.2, 0.25) is 0 Å². The molecule has 1 aromatic heterocycles. The molecule has 0 spiro atoms. The number of halogens is 2. The Balaban J connectivity index is 0.00000144. The van der Waals surface area contributed by atoms with E-state index in [1.54, 1.807) is 12.4 Å². The third-order valence-corrected chi connectivity index (χ3v) is 2.95. The molecule has 1 aromatic carbocycles. The summed E-state index contributed by atoms with van der Waals surface area (Å²) in [5.41, 5.74) is 1.65. The first-order chi connectivity index (χ1) is 7.77. The lowest BCUT2D eigenvalue weighted by molar-refractivity contribution is 0.0992. The lowest BCUT2D eigenvalue weighted by Gasteiger charge is -2.03. The van der Waals surface area contributed by atoms with Crippen LogP contribution in [-0.2, 0) is 6.42 Å². The predicted octanol–water partition coefficient (Wildman–Crippen LogP) is 3.85. The van der Waals surface area contributed by atoms with E-state index in [1.807, 2.05) is 36.4 Å². The summed E-state index contributed by atoms with van der Waals surface area (Å²) in [6.45, 7) is 0. The third-order valence-electron chi connectivity index (χ3n) is 2.26. The van der Waals surface area contributed by atoms with Gasteiger partial charge in [-0.05, 0) is 17.7 Å². The average molecular weight is 357 g/mol. The van der Waals surface area contributed by atoms with Crippen molar-refractivity contribution in [1.29, 1.82) is 0 Å². The number of Topliss-reactive ketones (excluding diaryl/α,β-unsaturated/α-hetero) is 1. The van der Waals surface area contributed by atoms with Crippen LogP contribution >= 0.6 is 32.9 Å². The Morgan fingerprint density at radius 1 is 1.18 bits per heavy atom. The highest BCUT2D eigenvalue weighted by Gasteiger charge is 2.09. The van der Waals surface area contributed by atoms with Gasteiger partial charge in [0.15, 0.2) is 5.78 Å². The molecule has 4 heteroatoms. The fraction of sp³-hybridized carbons (Fsp3) is 0.0769. The molecule has 0 saturated heterocycles. The second-order valence-corrected chi connectivity index (χ2v) is 4.30. The van der Waals surface area contributed by atoms with E-state index < -0.39 is 0 Å². The number of rotatable bonds is 3. The van der Waals surface area contributed by atoms with Crippen LogP contribution in [0.25, 0.3) is 0 Å². The Morgan fingerprint density at radius 3 is 2.59 bits per heavy atom. The molecule has 0 fully saturated rings. The van der Waals surface area contributed by atoms with Gasteiger partial charge in [0.25, 0.3) is 0 Å². The molecule has 2 rings (SSSR count). The molecule has 0 unspecified atom stereocenters. The van der Waals surface area contributed by atoms with E-state index in [0.717, 1.165) is 10.0 Å². The van der Waals surface area contributed by atoms with Gasteiger partial charge in [-0.25, -0.2) is 0 Å². The highest BCUT2D eigenvalue weighted by Crippen LogP contribution is 2.17. The fourth-order valence-corrected chi connectivity index (χ4v) is 1.98. The Hall–Kier alpha value is -1.00. The van der Waals surface area contributed by atoms with Crippen LogP contribution in [0.5, 0.6) is 0 Å². The van der Waals surface area contributed by atoms with Gasteiger partial charge in [-0.3, -0.25) is 9.78 Å². The number of nitrogens with zero attached hydrogens (tertiary/aromatic N) is 1. The number of benzene rings is 1. The summed E-state index contributed by atoms with van der Waals surface area (Å²) in [4.78, 5) is 16.0. The third kappa shape index (κ3) is 3.75. The molecule has 1 heterocycles. The summed E-state index contributed by atoms with van der Waals surface area (Å²) in [5, 5.41) is 0. The summed E-state index contributed by atoms with van der Waals surface area (Å²) in [6, 6.07) is 11.2. The molecule has 88 valence electrons. The smallest absolute Gasteiger partial charge is 0.168 e. The van der Waals surface area contributed by atoms with Crippen LogP contribution in [0.2, 0.25) is 0 Å².